The summed E-state index contributed by atoms with van der Waals surface area (Å²) < 4.78 is 5.09. The fourth-order valence-electron chi connectivity index (χ4n) is 1.98. The number of nitrogens with zero attached hydrogens (tertiary/aromatic N) is 1. The standard InChI is InChI=1S/C12H12N4O2/c13-12-15-9-8(5-7-1-3-18-4-2-7)6-14-10(9)11(17)16-12/h1-3,6,14H,4-5H2,(H3,13,15,16,17). The molecule has 0 saturated carbocycles. The van der Waals surface area contributed by atoms with Crippen molar-refractivity contribution in [2.45, 2.75) is 6.42 Å². The first-order valence-electron chi connectivity index (χ1n) is 5.57. The second-order valence-electron chi connectivity index (χ2n) is 4.08. The highest BCUT2D eigenvalue weighted by molar-refractivity contribution is 5.79. The minimum Gasteiger partial charge on any atom is -0.497 e. The highest BCUT2D eigenvalue weighted by Gasteiger charge is 2.10. The average molecular weight is 244 g/mol. The van der Waals surface area contributed by atoms with Gasteiger partial charge in [-0.05, 0) is 17.7 Å². The molecule has 0 aliphatic carbocycles. The Kier molecular flexibility index (Phi) is 2.40. The normalized spacial score (nSPS) is 14.6. The summed E-state index contributed by atoms with van der Waals surface area (Å²) in [6.07, 6.45) is 8.04. The molecule has 0 atom stereocenters. The number of nitrogens with two attached hydrogens (primary N) is 1. The molecule has 0 saturated heterocycles. The molecule has 3 rings (SSSR count). The van der Waals surface area contributed by atoms with Crippen LogP contribution in [0.4, 0.5) is 5.95 Å². The number of hydrogen-bond acceptors (Lipinski definition) is 4. The number of aromatic nitrogens is 3. The topological polar surface area (TPSA) is 96.8 Å². The van der Waals surface area contributed by atoms with E-state index < -0.39 is 0 Å². The highest BCUT2D eigenvalue weighted by Crippen LogP contribution is 2.18. The summed E-state index contributed by atoms with van der Waals surface area (Å²) in [6, 6.07) is 0. The molecule has 92 valence electrons. The second-order valence-corrected chi connectivity index (χ2v) is 4.08. The average Bonchev–Trinajstić information content (AvgIpc) is 2.74. The number of nitrogens with one attached hydrogen (secondary N) is 2. The molecule has 2 aromatic heterocycles. The lowest BCUT2D eigenvalue weighted by atomic mass is 10.1. The van der Waals surface area contributed by atoms with E-state index in [1.165, 1.54) is 0 Å². The molecule has 3 heterocycles. The first kappa shape index (κ1) is 10.6. The Morgan fingerprint density at radius 2 is 2.39 bits per heavy atom. The zero-order valence-corrected chi connectivity index (χ0v) is 9.56. The van der Waals surface area contributed by atoms with Crippen LogP contribution in [-0.2, 0) is 11.2 Å². The molecule has 0 amide bonds. The molecule has 0 fully saturated rings. The van der Waals surface area contributed by atoms with Crippen LogP contribution in [0.3, 0.4) is 0 Å². The maximum atomic E-state index is 11.6. The van der Waals surface area contributed by atoms with Crippen LogP contribution in [0.15, 0.2) is 35.0 Å². The molecular weight excluding hydrogens is 232 g/mol. The van der Waals surface area contributed by atoms with Crippen molar-refractivity contribution in [2.75, 3.05) is 12.3 Å². The summed E-state index contributed by atoms with van der Waals surface area (Å²) in [5.41, 5.74) is 8.46. The zero-order valence-electron chi connectivity index (χ0n) is 9.56. The molecule has 4 N–H and O–H groups in total. The number of allylic oxidation sites excluding steroid dienone is 2. The predicted molar refractivity (Wildman–Crippen MR) is 68.0 cm³/mol. The fraction of sp³-hybridized carbons (Fsp3) is 0.167. The third-order valence-corrected chi connectivity index (χ3v) is 2.85. The van der Waals surface area contributed by atoms with E-state index in [1.54, 1.807) is 12.5 Å². The number of ether oxygens (including phenoxy) is 1. The molecule has 0 aromatic carbocycles. The summed E-state index contributed by atoms with van der Waals surface area (Å²) in [6.45, 7) is 0.574. The Hall–Kier alpha value is -2.50. The van der Waals surface area contributed by atoms with Crippen molar-refractivity contribution in [2.24, 2.45) is 0 Å². The first-order valence-corrected chi connectivity index (χ1v) is 5.57. The number of H-pyrrole nitrogens is 2. The summed E-state index contributed by atoms with van der Waals surface area (Å²) in [7, 11) is 0. The number of anilines is 1. The van der Waals surface area contributed by atoms with Gasteiger partial charge in [0.1, 0.15) is 17.6 Å². The third-order valence-electron chi connectivity index (χ3n) is 2.85. The second kappa shape index (κ2) is 4.06. The van der Waals surface area contributed by atoms with E-state index in [9.17, 15) is 4.79 Å². The summed E-state index contributed by atoms with van der Waals surface area (Å²) in [4.78, 5) is 21.2. The lowest BCUT2D eigenvalue weighted by molar-refractivity contribution is 0.284. The molecule has 1 aliphatic heterocycles. The monoisotopic (exact) mass is 244 g/mol. The van der Waals surface area contributed by atoms with Gasteiger partial charge in [-0.2, -0.15) is 0 Å². The Balaban J connectivity index is 2.05. The molecule has 2 aromatic rings. The van der Waals surface area contributed by atoms with Crippen molar-refractivity contribution < 1.29 is 4.74 Å². The van der Waals surface area contributed by atoms with Crippen LogP contribution < -0.4 is 11.3 Å². The van der Waals surface area contributed by atoms with E-state index in [-0.39, 0.29) is 11.5 Å². The van der Waals surface area contributed by atoms with Gasteiger partial charge in [0.25, 0.3) is 5.56 Å². The van der Waals surface area contributed by atoms with Crippen LogP contribution in [-0.4, -0.2) is 21.6 Å². The number of rotatable bonds is 2. The van der Waals surface area contributed by atoms with Crippen LogP contribution >= 0.6 is 0 Å². The van der Waals surface area contributed by atoms with Gasteiger partial charge in [-0.3, -0.25) is 9.78 Å². The van der Waals surface area contributed by atoms with E-state index in [0.29, 0.717) is 24.1 Å². The molecule has 6 heteroatoms. The van der Waals surface area contributed by atoms with Crippen LogP contribution in [0.5, 0.6) is 0 Å². The largest absolute Gasteiger partial charge is 0.497 e. The Labute approximate surface area is 102 Å². The van der Waals surface area contributed by atoms with Gasteiger partial charge in [-0.25, -0.2) is 4.98 Å². The quantitative estimate of drug-likeness (QED) is 0.729. The van der Waals surface area contributed by atoms with Crippen molar-refractivity contribution >= 4 is 17.0 Å². The van der Waals surface area contributed by atoms with E-state index in [1.807, 2.05) is 12.2 Å². The van der Waals surface area contributed by atoms with Crippen molar-refractivity contribution in [1.29, 1.82) is 0 Å². The molecular formula is C12H12N4O2. The van der Waals surface area contributed by atoms with E-state index in [2.05, 4.69) is 15.0 Å². The molecule has 1 aliphatic rings. The lowest BCUT2D eigenvalue weighted by Gasteiger charge is -2.07. The molecule has 0 bridgehead atoms. The van der Waals surface area contributed by atoms with Crippen LogP contribution in [0.25, 0.3) is 11.0 Å². The molecule has 0 spiro atoms. The predicted octanol–water partition coefficient (Wildman–Crippen LogP) is 0.846. The molecule has 0 radical (unpaired) electrons. The van der Waals surface area contributed by atoms with Gasteiger partial charge in [-0.1, -0.05) is 0 Å². The Bertz CT molecular complexity index is 708. The third kappa shape index (κ3) is 1.77. The van der Waals surface area contributed by atoms with Gasteiger partial charge < -0.3 is 15.5 Å². The van der Waals surface area contributed by atoms with E-state index in [4.69, 9.17) is 10.5 Å². The minimum absolute atomic E-state index is 0.129. The van der Waals surface area contributed by atoms with Gasteiger partial charge in [0, 0.05) is 18.2 Å². The minimum atomic E-state index is -0.250. The first-order chi connectivity index (χ1) is 8.74. The van der Waals surface area contributed by atoms with Gasteiger partial charge in [0.2, 0.25) is 5.95 Å². The van der Waals surface area contributed by atoms with E-state index >= 15 is 0 Å². The molecule has 18 heavy (non-hydrogen) atoms. The lowest BCUT2D eigenvalue weighted by Crippen LogP contribution is -2.11. The van der Waals surface area contributed by atoms with Crippen molar-refractivity contribution in [3.8, 4) is 0 Å². The maximum absolute atomic E-state index is 11.6. The van der Waals surface area contributed by atoms with Crippen LogP contribution in [0.2, 0.25) is 0 Å². The summed E-state index contributed by atoms with van der Waals surface area (Å²) in [5.74, 6) is 0.129. The summed E-state index contributed by atoms with van der Waals surface area (Å²) in [5, 5.41) is 0. The molecule has 6 nitrogen and oxygen atoms in total. The van der Waals surface area contributed by atoms with Gasteiger partial charge in [-0.15, -0.1) is 0 Å². The van der Waals surface area contributed by atoms with Crippen molar-refractivity contribution in [1.82, 2.24) is 15.0 Å². The molecule has 0 unspecified atom stereocenters. The summed E-state index contributed by atoms with van der Waals surface area (Å²) >= 11 is 0. The Morgan fingerprint density at radius 1 is 1.50 bits per heavy atom. The maximum Gasteiger partial charge on any atom is 0.276 e. The van der Waals surface area contributed by atoms with Gasteiger partial charge in [0.05, 0.1) is 6.26 Å². The zero-order chi connectivity index (χ0) is 12.5. The van der Waals surface area contributed by atoms with Gasteiger partial charge in [0.15, 0.2) is 0 Å². The Morgan fingerprint density at radius 3 is 3.17 bits per heavy atom. The van der Waals surface area contributed by atoms with Crippen molar-refractivity contribution in [3.63, 3.8) is 0 Å². The smallest absolute Gasteiger partial charge is 0.276 e. The van der Waals surface area contributed by atoms with Crippen molar-refractivity contribution in [3.05, 3.63) is 46.1 Å². The number of nitrogen functional groups attached to an aromatic ring is 1. The fourth-order valence-corrected chi connectivity index (χ4v) is 1.98. The number of aromatic amines is 2. The number of hydrogen-bond donors (Lipinski definition) is 3. The number of fused-ring (bicyclic) bond motifs is 1. The van der Waals surface area contributed by atoms with Crippen LogP contribution in [0.1, 0.15) is 5.56 Å². The SMILES string of the molecule is Nc1nc2c(CC3=CCOC=C3)c[nH]c2c(=O)[nH]1. The highest BCUT2D eigenvalue weighted by atomic mass is 16.5. The van der Waals surface area contributed by atoms with E-state index in [0.717, 1.165) is 11.1 Å². The van der Waals surface area contributed by atoms with Gasteiger partial charge >= 0.3 is 0 Å². The van der Waals surface area contributed by atoms with Crippen LogP contribution in [0, 0.1) is 0 Å².